The summed E-state index contributed by atoms with van der Waals surface area (Å²) in [6, 6.07) is 13.4. The molecule has 1 heterocycles. The monoisotopic (exact) mass is 380 g/mol. The normalized spacial score (nSPS) is 11.8. The summed E-state index contributed by atoms with van der Waals surface area (Å²) in [6.07, 6.45) is -0.920. The molecule has 0 radical (unpaired) electrons. The molecule has 0 saturated heterocycles. The molecule has 0 aliphatic heterocycles. The van der Waals surface area contributed by atoms with Crippen LogP contribution in [0.2, 0.25) is 0 Å². The minimum atomic E-state index is -0.920. The molecule has 3 rings (SSSR count). The van der Waals surface area contributed by atoms with E-state index in [1.54, 1.807) is 24.3 Å². The molecule has 0 unspecified atom stereocenters. The number of hydrogen-bond acceptors (Lipinski definition) is 6. The number of rotatable bonds is 6. The summed E-state index contributed by atoms with van der Waals surface area (Å²) in [7, 11) is 0. The first kappa shape index (κ1) is 19.4. The zero-order valence-corrected chi connectivity index (χ0v) is 15.9. The molecule has 0 spiro atoms. The second kappa shape index (κ2) is 8.08. The van der Waals surface area contributed by atoms with Gasteiger partial charge >= 0.3 is 11.6 Å². The Morgan fingerprint density at radius 3 is 2.46 bits per heavy atom. The van der Waals surface area contributed by atoms with Crippen molar-refractivity contribution in [1.29, 1.82) is 0 Å². The first-order valence-electron chi connectivity index (χ1n) is 8.81. The van der Waals surface area contributed by atoms with Crippen molar-refractivity contribution in [1.82, 2.24) is 0 Å². The van der Waals surface area contributed by atoms with E-state index in [2.05, 4.69) is 0 Å². The Morgan fingerprint density at radius 2 is 1.75 bits per heavy atom. The van der Waals surface area contributed by atoms with E-state index in [9.17, 15) is 14.4 Å². The molecule has 6 nitrogen and oxygen atoms in total. The molecule has 3 aromatic rings. The summed E-state index contributed by atoms with van der Waals surface area (Å²) in [5.41, 5.74) is 2.23. The Bertz CT molecular complexity index is 1080. The zero-order valence-electron chi connectivity index (χ0n) is 15.9. The van der Waals surface area contributed by atoms with E-state index >= 15 is 0 Å². The summed E-state index contributed by atoms with van der Waals surface area (Å²) in [4.78, 5) is 35.8. The summed E-state index contributed by atoms with van der Waals surface area (Å²) in [5, 5.41) is 0.784. The summed E-state index contributed by atoms with van der Waals surface area (Å²) < 4.78 is 15.7. The van der Waals surface area contributed by atoms with Gasteiger partial charge in [-0.3, -0.25) is 4.79 Å². The van der Waals surface area contributed by atoms with Crippen LogP contribution >= 0.6 is 0 Å². The van der Waals surface area contributed by atoms with Crippen molar-refractivity contribution in [3.63, 3.8) is 0 Å². The molecular formula is C22H20O6. The van der Waals surface area contributed by atoms with E-state index in [1.165, 1.54) is 19.1 Å². The van der Waals surface area contributed by atoms with Crippen LogP contribution in [-0.4, -0.2) is 24.5 Å². The Hall–Kier alpha value is -3.41. The second-order valence-electron chi connectivity index (χ2n) is 6.56. The molecule has 6 heteroatoms. The number of hydrogen-bond donors (Lipinski definition) is 0. The molecule has 1 atom stereocenters. The van der Waals surface area contributed by atoms with E-state index < -0.39 is 17.7 Å². The number of carbonyl (C=O) groups excluding carboxylic acids is 2. The Kier molecular flexibility index (Phi) is 5.59. The van der Waals surface area contributed by atoms with Gasteiger partial charge in [0.05, 0.1) is 0 Å². The fourth-order valence-electron chi connectivity index (χ4n) is 2.77. The van der Waals surface area contributed by atoms with Crippen molar-refractivity contribution in [2.45, 2.75) is 26.9 Å². The average Bonchev–Trinajstić information content (AvgIpc) is 2.66. The number of ether oxygens (including phenoxy) is 2. The highest BCUT2D eigenvalue weighted by molar-refractivity contribution is 6.00. The molecule has 144 valence electrons. The van der Waals surface area contributed by atoms with E-state index in [0.29, 0.717) is 16.9 Å². The lowest BCUT2D eigenvalue weighted by Gasteiger charge is -2.13. The lowest BCUT2D eigenvalue weighted by Crippen LogP contribution is -2.27. The topological polar surface area (TPSA) is 82.8 Å². The number of esters is 1. The van der Waals surface area contributed by atoms with E-state index in [-0.39, 0.29) is 12.4 Å². The van der Waals surface area contributed by atoms with Crippen LogP contribution in [0.3, 0.4) is 0 Å². The third kappa shape index (κ3) is 4.46. The molecule has 0 aliphatic rings. The van der Waals surface area contributed by atoms with Crippen molar-refractivity contribution in [3.05, 3.63) is 75.6 Å². The van der Waals surface area contributed by atoms with Crippen LogP contribution < -0.4 is 10.4 Å². The number of carbonyl (C=O) groups is 2. The van der Waals surface area contributed by atoms with Gasteiger partial charge in [0.1, 0.15) is 11.3 Å². The second-order valence-corrected chi connectivity index (χ2v) is 6.56. The van der Waals surface area contributed by atoms with Crippen molar-refractivity contribution < 1.29 is 23.5 Å². The number of ketones is 1. The maximum Gasteiger partial charge on any atom is 0.344 e. The van der Waals surface area contributed by atoms with Crippen LogP contribution in [0.5, 0.6) is 5.75 Å². The smallest absolute Gasteiger partial charge is 0.344 e. The molecule has 0 bridgehead atoms. The first-order valence-corrected chi connectivity index (χ1v) is 8.81. The van der Waals surface area contributed by atoms with E-state index in [1.807, 2.05) is 26.0 Å². The molecule has 28 heavy (non-hydrogen) atoms. The van der Waals surface area contributed by atoms with Crippen LogP contribution in [0, 0.1) is 13.8 Å². The highest BCUT2D eigenvalue weighted by atomic mass is 16.6. The van der Waals surface area contributed by atoms with Gasteiger partial charge in [0, 0.05) is 23.1 Å². The quantitative estimate of drug-likeness (QED) is 0.369. The Balaban J connectivity index is 1.60. The van der Waals surface area contributed by atoms with Crippen LogP contribution in [0.4, 0.5) is 0 Å². The minimum absolute atomic E-state index is 0.281. The van der Waals surface area contributed by atoms with Gasteiger partial charge in [-0.1, -0.05) is 29.8 Å². The fraction of sp³-hybridized carbons (Fsp3) is 0.227. The van der Waals surface area contributed by atoms with Crippen molar-refractivity contribution in [2.24, 2.45) is 0 Å². The number of fused-ring (bicyclic) bond motifs is 1. The lowest BCUT2D eigenvalue weighted by atomic mass is 10.1. The fourth-order valence-corrected chi connectivity index (χ4v) is 2.77. The number of Topliss-reactive ketones (excluding diaryl/α,β-unsaturated/α-hetero) is 1. The minimum Gasteiger partial charge on any atom is -0.482 e. The highest BCUT2D eigenvalue weighted by Gasteiger charge is 2.19. The van der Waals surface area contributed by atoms with Crippen LogP contribution in [-0.2, 0) is 9.53 Å². The summed E-state index contributed by atoms with van der Waals surface area (Å²) >= 11 is 0. The van der Waals surface area contributed by atoms with Gasteiger partial charge in [0.15, 0.2) is 12.7 Å². The molecule has 2 aromatic carbocycles. The first-order chi connectivity index (χ1) is 13.3. The van der Waals surface area contributed by atoms with Gasteiger partial charge < -0.3 is 13.9 Å². The highest BCUT2D eigenvalue weighted by Crippen LogP contribution is 2.22. The molecular weight excluding hydrogens is 360 g/mol. The average molecular weight is 380 g/mol. The van der Waals surface area contributed by atoms with Crippen LogP contribution in [0.25, 0.3) is 11.0 Å². The predicted octanol–water partition coefficient (Wildman–Crippen LogP) is 3.60. The molecule has 0 aliphatic carbocycles. The lowest BCUT2D eigenvalue weighted by molar-refractivity contribution is -0.148. The third-order valence-electron chi connectivity index (χ3n) is 4.29. The Morgan fingerprint density at radius 1 is 1.04 bits per heavy atom. The van der Waals surface area contributed by atoms with Crippen LogP contribution in [0.15, 0.2) is 57.7 Å². The van der Waals surface area contributed by atoms with Gasteiger partial charge in [-0.25, -0.2) is 9.59 Å². The van der Waals surface area contributed by atoms with E-state index in [0.717, 1.165) is 16.5 Å². The van der Waals surface area contributed by atoms with Crippen LogP contribution in [0.1, 0.15) is 28.4 Å². The van der Waals surface area contributed by atoms with E-state index in [4.69, 9.17) is 13.9 Å². The SMILES string of the molecule is Cc1ccc(C(=O)[C@@H](C)OC(=O)COc2ccc3c(C)cc(=O)oc3c2)cc1. The van der Waals surface area contributed by atoms with Gasteiger partial charge in [0.25, 0.3) is 0 Å². The van der Waals surface area contributed by atoms with Gasteiger partial charge in [-0.05, 0) is 38.5 Å². The van der Waals surface area contributed by atoms with Crippen molar-refractivity contribution >= 4 is 22.7 Å². The van der Waals surface area contributed by atoms with Crippen molar-refractivity contribution in [3.8, 4) is 5.75 Å². The van der Waals surface area contributed by atoms with Gasteiger partial charge in [-0.15, -0.1) is 0 Å². The van der Waals surface area contributed by atoms with Gasteiger partial charge in [-0.2, -0.15) is 0 Å². The summed E-state index contributed by atoms with van der Waals surface area (Å²) in [5.74, 6) is -0.592. The molecule has 0 amide bonds. The molecule has 0 N–H and O–H groups in total. The third-order valence-corrected chi connectivity index (χ3v) is 4.29. The zero-order chi connectivity index (χ0) is 20.3. The molecule has 1 aromatic heterocycles. The van der Waals surface area contributed by atoms with Crippen molar-refractivity contribution in [2.75, 3.05) is 6.61 Å². The maximum absolute atomic E-state index is 12.3. The maximum atomic E-state index is 12.3. The standard InChI is InChI=1S/C22H20O6/c1-13-4-6-16(7-5-13)22(25)15(3)27-21(24)12-26-17-8-9-18-14(2)10-20(23)28-19(18)11-17/h4-11,15H,12H2,1-3H3/t15-/m1/s1. The number of aryl methyl sites for hydroxylation is 2. The molecule has 0 saturated carbocycles. The Labute approximate surface area is 161 Å². The summed E-state index contributed by atoms with van der Waals surface area (Å²) in [6.45, 7) is 4.89. The number of benzene rings is 2. The predicted molar refractivity (Wildman–Crippen MR) is 104 cm³/mol. The molecule has 0 fully saturated rings. The largest absolute Gasteiger partial charge is 0.482 e. The van der Waals surface area contributed by atoms with Gasteiger partial charge in [0.2, 0.25) is 5.78 Å².